The number of anilines is 3. The van der Waals surface area contributed by atoms with E-state index in [-0.39, 0.29) is 53.2 Å². The molecule has 20 heteroatoms. The van der Waals surface area contributed by atoms with E-state index in [1.54, 1.807) is 21.9 Å². The van der Waals surface area contributed by atoms with Gasteiger partial charge in [-0.2, -0.15) is 0 Å². The Balaban J connectivity index is 0.647. The average molecular weight is 1080 g/mol. The number of carboxylic acid groups (broad SMARTS) is 1. The monoisotopic (exact) mass is 1080 g/mol. The molecular formula is C58H58FN9O9S. The Bertz CT molecular complexity index is 3390. The van der Waals surface area contributed by atoms with Gasteiger partial charge in [-0.1, -0.05) is 47.7 Å². The van der Waals surface area contributed by atoms with Crippen molar-refractivity contribution in [1.82, 2.24) is 30.0 Å². The van der Waals surface area contributed by atoms with Crippen molar-refractivity contribution < 1.29 is 47.8 Å². The highest BCUT2D eigenvalue weighted by Crippen LogP contribution is 2.37. The zero-order valence-electron chi connectivity index (χ0n) is 43.3. The van der Waals surface area contributed by atoms with E-state index in [1.165, 1.54) is 17.4 Å². The molecule has 4 aromatic carbocycles. The molecule has 7 heterocycles. The number of carboxylic acids is 1. The Labute approximate surface area is 453 Å². The van der Waals surface area contributed by atoms with Crippen LogP contribution in [0.3, 0.4) is 0 Å². The van der Waals surface area contributed by atoms with Crippen molar-refractivity contribution >= 4 is 79.6 Å². The fourth-order valence-electron chi connectivity index (χ4n) is 11.6. The minimum atomic E-state index is -1.15. The maximum Gasteiger partial charge on any atom is 0.355 e. The number of likely N-dealkylation sites (tertiary alicyclic amines) is 1. The van der Waals surface area contributed by atoms with Gasteiger partial charge < -0.3 is 24.5 Å². The molecule has 1 unspecified atom stereocenters. The molecule has 0 radical (unpaired) electrons. The highest BCUT2D eigenvalue weighted by Gasteiger charge is 2.45. The summed E-state index contributed by atoms with van der Waals surface area (Å²) in [7, 11) is 0. The van der Waals surface area contributed by atoms with Crippen LogP contribution in [0.5, 0.6) is 5.75 Å². The van der Waals surface area contributed by atoms with E-state index in [0.29, 0.717) is 91.6 Å². The van der Waals surface area contributed by atoms with Gasteiger partial charge >= 0.3 is 5.97 Å². The molecule has 2 atom stereocenters. The lowest BCUT2D eigenvalue weighted by Gasteiger charge is -2.40. The molecule has 0 aliphatic carbocycles. The zero-order chi connectivity index (χ0) is 54.4. The predicted molar refractivity (Wildman–Crippen MR) is 290 cm³/mol. The quantitative estimate of drug-likeness (QED) is 0.0720. The van der Waals surface area contributed by atoms with Crippen molar-refractivity contribution in [2.24, 2.45) is 5.92 Å². The molecule has 5 aliphatic heterocycles. The SMILES string of the molecule is Cc1c(OCCCC2CCN([C@H](C)C(=O)N3CCN(c4cc5c(cc4F)C(=O)N(C4CCC(=O)NC4=O)C5=O)CC3)CC2)cccc1-c1ccc(N2CCc3cccc(C(=O)Nc4nc5ccccc5s4)c3C2)nc1C(=O)O. The van der Waals surface area contributed by atoms with Crippen molar-refractivity contribution in [2.45, 2.75) is 77.4 Å². The number of nitrogens with zero attached hydrogens (tertiary/aromatic N) is 7. The van der Waals surface area contributed by atoms with Crippen LogP contribution in [0.1, 0.15) is 104 Å². The molecule has 0 bridgehead atoms. The summed E-state index contributed by atoms with van der Waals surface area (Å²) in [6, 6.07) is 23.6. The first-order valence-electron chi connectivity index (χ1n) is 26.5. The van der Waals surface area contributed by atoms with Gasteiger partial charge in [0.2, 0.25) is 17.7 Å². The number of ether oxygens (including phenoxy) is 1. The third-order valence-electron chi connectivity index (χ3n) is 16.0. The number of thiazole rings is 1. The minimum Gasteiger partial charge on any atom is -0.493 e. The molecule has 6 amide bonds. The summed E-state index contributed by atoms with van der Waals surface area (Å²) in [5, 5.41) is 16.2. The number of benzene rings is 4. The smallest absolute Gasteiger partial charge is 0.355 e. The third kappa shape index (κ3) is 10.2. The van der Waals surface area contributed by atoms with Gasteiger partial charge in [-0.05, 0) is 142 Å². The van der Waals surface area contributed by atoms with Crippen molar-refractivity contribution in [3.63, 3.8) is 0 Å². The molecule has 3 saturated heterocycles. The fraction of sp³-hybridized carbons (Fsp3) is 0.362. The second-order valence-corrected chi connectivity index (χ2v) is 21.6. The largest absolute Gasteiger partial charge is 0.493 e. The minimum absolute atomic E-state index is 0.00206. The van der Waals surface area contributed by atoms with Crippen LogP contribution in [0.15, 0.2) is 84.9 Å². The third-order valence-corrected chi connectivity index (χ3v) is 17.0. The van der Waals surface area contributed by atoms with Crippen LogP contribution in [-0.2, 0) is 27.3 Å². The number of nitrogens with one attached hydrogen (secondary N) is 2. The van der Waals surface area contributed by atoms with Crippen molar-refractivity contribution in [3.05, 3.63) is 130 Å². The summed E-state index contributed by atoms with van der Waals surface area (Å²) in [5.41, 5.74) is 5.24. The summed E-state index contributed by atoms with van der Waals surface area (Å²) < 4.78 is 22.9. The number of carbonyl (C=O) groups is 7. The molecule has 78 heavy (non-hydrogen) atoms. The normalized spacial score (nSPS) is 18.5. The van der Waals surface area contributed by atoms with Gasteiger partial charge in [-0.25, -0.2) is 19.2 Å². The molecule has 18 nitrogen and oxygen atoms in total. The summed E-state index contributed by atoms with van der Waals surface area (Å²) in [6.45, 7) is 8.21. The number of imide groups is 2. The number of aromatic nitrogens is 2. The molecule has 11 rings (SSSR count). The lowest BCUT2D eigenvalue weighted by Crippen LogP contribution is -2.55. The van der Waals surface area contributed by atoms with E-state index < -0.39 is 41.5 Å². The number of para-hydroxylation sites is 1. The van der Waals surface area contributed by atoms with Crippen molar-refractivity contribution in [2.75, 3.05) is 67.5 Å². The van der Waals surface area contributed by atoms with Gasteiger partial charge in [0, 0.05) is 56.8 Å². The lowest BCUT2D eigenvalue weighted by molar-refractivity contribution is -0.138. The molecule has 3 fully saturated rings. The van der Waals surface area contributed by atoms with Crippen molar-refractivity contribution in [1.29, 1.82) is 0 Å². The maximum absolute atomic E-state index is 15.6. The standard InChI is InChI=1S/C58H58FN9O9S/c1-33-37(38-15-17-49(61-51(38)57(75)76)67-24-21-36-9-5-11-39(42(36)32-67)52(70)63-58-60-44-12-3-4-14-48(44)78-58)10-6-13-47(33)77-29-7-8-35-19-22-64(23-20-35)34(2)54(72)66-27-25-65(26-28-66)46-31-41-40(30-43(46)59)55(73)68(56(41)74)45-16-18-50(69)62-53(45)71/h3-6,9-15,17,30-31,34-35,45H,7-8,16,18-29,32H2,1-2H3,(H,75,76)(H,60,63,70)(H,62,69,71)/t34-,45?/m1/s1. The Morgan fingerprint density at radius 1 is 0.821 bits per heavy atom. The van der Waals surface area contributed by atoms with Crippen LogP contribution >= 0.6 is 11.3 Å². The molecule has 5 aliphatic rings. The fourth-order valence-corrected chi connectivity index (χ4v) is 12.5. The van der Waals surface area contributed by atoms with Crippen LogP contribution in [0.25, 0.3) is 21.3 Å². The number of piperazine rings is 1. The first-order chi connectivity index (χ1) is 37.7. The first kappa shape index (κ1) is 52.0. The molecule has 402 valence electrons. The first-order valence-corrected chi connectivity index (χ1v) is 27.3. The van der Waals surface area contributed by atoms with Crippen LogP contribution in [0.2, 0.25) is 0 Å². The number of carbonyl (C=O) groups excluding carboxylic acids is 6. The number of hydrogen-bond acceptors (Lipinski definition) is 14. The number of amides is 6. The van der Waals surface area contributed by atoms with Crippen molar-refractivity contribution in [3.8, 4) is 16.9 Å². The summed E-state index contributed by atoms with van der Waals surface area (Å²) in [6.07, 6.45) is 4.29. The predicted octanol–water partition coefficient (Wildman–Crippen LogP) is 7.33. The number of hydrogen-bond donors (Lipinski definition) is 3. The summed E-state index contributed by atoms with van der Waals surface area (Å²) >= 11 is 1.42. The van der Waals surface area contributed by atoms with E-state index >= 15 is 4.39 Å². The number of aromatic carboxylic acids is 1. The van der Waals surface area contributed by atoms with E-state index in [0.717, 1.165) is 76.6 Å². The Morgan fingerprint density at radius 3 is 2.33 bits per heavy atom. The Kier molecular flexibility index (Phi) is 14.5. The zero-order valence-corrected chi connectivity index (χ0v) is 44.1. The van der Waals surface area contributed by atoms with Crippen LogP contribution in [0, 0.1) is 18.7 Å². The van der Waals surface area contributed by atoms with Gasteiger partial charge in [0.15, 0.2) is 10.8 Å². The number of fused-ring (bicyclic) bond motifs is 3. The molecule has 6 aromatic rings. The second-order valence-electron chi connectivity index (χ2n) is 20.6. The summed E-state index contributed by atoms with van der Waals surface area (Å²) in [5.74, 6) is -3.13. The topological polar surface area (TPSA) is 215 Å². The van der Waals surface area contributed by atoms with Gasteiger partial charge in [-0.3, -0.25) is 49.2 Å². The van der Waals surface area contributed by atoms with Crippen LogP contribution in [0.4, 0.5) is 21.0 Å². The lowest BCUT2D eigenvalue weighted by atomic mass is 9.91. The Hall–Kier alpha value is -8.10. The second kappa shape index (κ2) is 21.7. The Morgan fingerprint density at radius 2 is 1.58 bits per heavy atom. The summed E-state index contributed by atoms with van der Waals surface area (Å²) in [4.78, 5) is 109. The van der Waals surface area contributed by atoms with Gasteiger partial charge in [0.05, 0.1) is 39.7 Å². The van der Waals surface area contributed by atoms with E-state index in [1.807, 2.05) is 79.4 Å². The number of pyridine rings is 1. The van der Waals surface area contributed by atoms with Crippen LogP contribution < -0.4 is 25.2 Å². The van der Waals surface area contributed by atoms with E-state index in [2.05, 4.69) is 20.5 Å². The maximum atomic E-state index is 15.6. The number of rotatable bonds is 14. The average Bonchev–Trinajstić information content (AvgIpc) is 4.18. The molecule has 3 N–H and O–H groups in total. The highest BCUT2D eigenvalue weighted by atomic mass is 32.1. The van der Waals surface area contributed by atoms with Gasteiger partial charge in [0.25, 0.3) is 17.7 Å². The molecule has 0 saturated carbocycles. The molecular weight excluding hydrogens is 1020 g/mol. The number of halogens is 1. The van der Waals surface area contributed by atoms with Gasteiger partial charge in [-0.15, -0.1) is 0 Å². The van der Waals surface area contributed by atoms with E-state index in [9.17, 15) is 38.7 Å². The molecule has 2 aromatic heterocycles. The highest BCUT2D eigenvalue weighted by molar-refractivity contribution is 7.22. The van der Waals surface area contributed by atoms with Gasteiger partial charge in [0.1, 0.15) is 23.4 Å². The van der Waals surface area contributed by atoms with E-state index in [4.69, 9.17) is 9.72 Å². The van der Waals surface area contributed by atoms with Crippen LogP contribution in [-0.4, -0.2) is 136 Å². The molecule has 0 spiro atoms. The number of piperidine rings is 2.